The number of nitrogens with zero attached hydrogens (tertiary/aromatic N) is 2. The number of ether oxygens (including phenoxy) is 2. The lowest BCUT2D eigenvalue weighted by molar-refractivity contribution is 0.0955. The number of carbonyl (C=O) groups excluding carboxylic acids is 1. The Balaban J connectivity index is 1.27. The molecule has 8 nitrogen and oxygen atoms in total. The van der Waals surface area contributed by atoms with Crippen molar-refractivity contribution in [2.75, 3.05) is 11.4 Å². The Hall–Kier alpha value is -4.06. The van der Waals surface area contributed by atoms with Crippen LogP contribution in [0, 0.1) is 6.92 Å². The Morgan fingerprint density at radius 3 is 2.31 bits per heavy atom. The standard InChI is InChI=1S/C36H29BrCl3N3O5S/c1-23-8-14-29(39)19-33(23)43(49(45,46)30-6-4-3-5-7-30)21-24-9-11-26(12-10-24)36(44)42-41-20-25-16-31(37)35(34(17-25)47-2)48-22-27-13-15-28(38)18-32(27)40/h3-20H,21-22H2,1-2H3,(H,42,44)/b41-20-. The zero-order chi connectivity index (χ0) is 35.1. The molecular formula is C36H29BrCl3N3O5S. The summed E-state index contributed by atoms with van der Waals surface area (Å²) in [5.74, 6) is 0.461. The van der Waals surface area contributed by atoms with E-state index in [2.05, 4.69) is 26.5 Å². The summed E-state index contributed by atoms with van der Waals surface area (Å²) in [4.78, 5) is 13.1. The number of rotatable bonds is 12. The van der Waals surface area contributed by atoms with Crippen LogP contribution in [0.25, 0.3) is 0 Å². The van der Waals surface area contributed by atoms with Gasteiger partial charge in [-0.15, -0.1) is 0 Å². The zero-order valence-electron chi connectivity index (χ0n) is 26.2. The Morgan fingerprint density at radius 1 is 0.918 bits per heavy atom. The number of anilines is 1. The summed E-state index contributed by atoms with van der Waals surface area (Å²) in [6, 6.07) is 28.6. The molecule has 5 rings (SSSR count). The number of methoxy groups -OCH3 is 1. The molecule has 13 heteroatoms. The molecule has 0 saturated carbocycles. The summed E-state index contributed by atoms with van der Waals surface area (Å²) in [6.45, 7) is 2.03. The quantitative estimate of drug-likeness (QED) is 0.100. The highest BCUT2D eigenvalue weighted by Gasteiger charge is 2.26. The van der Waals surface area contributed by atoms with Crippen LogP contribution >= 0.6 is 50.7 Å². The summed E-state index contributed by atoms with van der Waals surface area (Å²) in [7, 11) is -2.42. The summed E-state index contributed by atoms with van der Waals surface area (Å²) in [6.07, 6.45) is 1.47. The van der Waals surface area contributed by atoms with Gasteiger partial charge in [-0.05, 0) is 100 Å². The molecule has 0 atom stereocenters. The number of halogens is 4. The molecule has 0 fully saturated rings. The lowest BCUT2D eigenvalue weighted by Crippen LogP contribution is -2.31. The van der Waals surface area contributed by atoms with Gasteiger partial charge >= 0.3 is 0 Å². The molecule has 5 aromatic rings. The molecule has 0 aliphatic carbocycles. The first-order valence-corrected chi connectivity index (χ1v) is 18.0. The summed E-state index contributed by atoms with van der Waals surface area (Å²) in [5, 5.41) is 5.53. The maximum Gasteiger partial charge on any atom is 0.271 e. The van der Waals surface area contributed by atoms with Crippen LogP contribution in [0.15, 0.2) is 118 Å². The number of nitrogens with one attached hydrogen (secondary N) is 1. The summed E-state index contributed by atoms with van der Waals surface area (Å²) in [5.41, 5.74) is 6.11. The Kier molecular flexibility index (Phi) is 11.9. The maximum absolute atomic E-state index is 13.8. The molecule has 49 heavy (non-hydrogen) atoms. The maximum atomic E-state index is 13.8. The van der Waals surface area contributed by atoms with Crippen LogP contribution in [0.4, 0.5) is 5.69 Å². The van der Waals surface area contributed by atoms with Gasteiger partial charge < -0.3 is 9.47 Å². The van der Waals surface area contributed by atoms with E-state index in [-0.39, 0.29) is 18.0 Å². The smallest absolute Gasteiger partial charge is 0.271 e. The highest BCUT2D eigenvalue weighted by molar-refractivity contribution is 9.10. The van der Waals surface area contributed by atoms with Crippen molar-refractivity contribution in [2.24, 2.45) is 5.10 Å². The molecule has 0 aliphatic heterocycles. The van der Waals surface area contributed by atoms with Crippen molar-refractivity contribution in [3.63, 3.8) is 0 Å². The number of hydrogen-bond acceptors (Lipinski definition) is 6. The van der Waals surface area contributed by atoms with Crippen molar-refractivity contribution in [2.45, 2.75) is 25.0 Å². The first-order chi connectivity index (χ1) is 23.5. The van der Waals surface area contributed by atoms with E-state index < -0.39 is 15.9 Å². The number of hydrazone groups is 1. The highest BCUT2D eigenvalue weighted by atomic mass is 79.9. The third-order valence-electron chi connectivity index (χ3n) is 7.33. The topological polar surface area (TPSA) is 97.3 Å². The number of hydrogen-bond donors (Lipinski definition) is 1. The monoisotopic (exact) mass is 799 g/mol. The Morgan fingerprint density at radius 2 is 1.61 bits per heavy atom. The average Bonchev–Trinajstić information content (AvgIpc) is 3.09. The fourth-order valence-corrected chi connectivity index (χ4v) is 7.50. The fraction of sp³-hybridized carbons (Fsp3) is 0.111. The van der Waals surface area contributed by atoms with E-state index in [1.165, 1.54) is 17.6 Å². The lowest BCUT2D eigenvalue weighted by Gasteiger charge is -2.26. The van der Waals surface area contributed by atoms with Gasteiger partial charge in [0.1, 0.15) is 6.61 Å². The van der Waals surface area contributed by atoms with Gasteiger partial charge in [0.25, 0.3) is 15.9 Å². The lowest BCUT2D eigenvalue weighted by atomic mass is 10.1. The third-order valence-corrected chi connectivity index (χ3v) is 10.5. The Labute approximate surface area is 308 Å². The van der Waals surface area contributed by atoms with Gasteiger partial charge in [-0.1, -0.05) is 77.3 Å². The van der Waals surface area contributed by atoms with Gasteiger partial charge in [-0.2, -0.15) is 5.10 Å². The van der Waals surface area contributed by atoms with Gasteiger partial charge in [0.15, 0.2) is 11.5 Å². The number of carbonyl (C=O) groups is 1. The van der Waals surface area contributed by atoms with Crippen molar-refractivity contribution in [3.05, 3.63) is 150 Å². The first kappa shape index (κ1) is 36.2. The van der Waals surface area contributed by atoms with E-state index in [0.717, 1.165) is 11.1 Å². The zero-order valence-corrected chi connectivity index (χ0v) is 30.8. The normalized spacial score (nSPS) is 11.4. The van der Waals surface area contributed by atoms with Gasteiger partial charge in [0.2, 0.25) is 0 Å². The molecule has 0 saturated heterocycles. The molecule has 252 valence electrons. The van der Waals surface area contributed by atoms with Gasteiger partial charge in [-0.25, -0.2) is 13.8 Å². The minimum Gasteiger partial charge on any atom is -0.493 e. The molecule has 0 aromatic heterocycles. The second-order valence-electron chi connectivity index (χ2n) is 10.7. The first-order valence-electron chi connectivity index (χ1n) is 14.7. The van der Waals surface area contributed by atoms with Crippen LogP contribution in [0.3, 0.4) is 0 Å². The van der Waals surface area contributed by atoms with Crippen LogP contribution < -0.4 is 19.2 Å². The van der Waals surface area contributed by atoms with Crippen molar-refractivity contribution >= 4 is 78.6 Å². The molecule has 0 radical (unpaired) electrons. The van der Waals surface area contributed by atoms with Gasteiger partial charge in [0, 0.05) is 26.2 Å². The molecule has 0 spiro atoms. The van der Waals surface area contributed by atoms with Crippen LogP contribution in [0.2, 0.25) is 15.1 Å². The van der Waals surface area contributed by atoms with Crippen LogP contribution in [-0.4, -0.2) is 27.6 Å². The van der Waals surface area contributed by atoms with Crippen molar-refractivity contribution in [1.29, 1.82) is 0 Å². The molecule has 1 amide bonds. The number of aryl methyl sites for hydroxylation is 1. The number of sulfonamides is 1. The summed E-state index contributed by atoms with van der Waals surface area (Å²) < 4.78 is 41.0. The van der Waals surface area contributed by atoms with Crippen LogP contribution in [0.5, 0.6) is 11.5 Å². The number of amides is 1. The highest BCUT2D eigenvalue weighted by Crippen LogP contribution is 2.37. The minimum absolute atomic E-state index is 0.0155. The van der Waals surface area contributed by atoms with E-state index in [1.807, 2.05) is 6.92 Å². The predicted octanol–water partition coefficient (Wildman–Crippen LogP) is 9.46. The molecular weight excluding hydrogens is 773 g/mol. The SMILES string of the molecule is COc1cc(/C=N\NC(=O)c2ccc(CN(c3cc(Cl)ccc3C)S(=O)(=O)c3ccccc3)cc2)cc(Br)c1OCc1ccc(Cl)cc1Cl. The van der Waals surface area contributed by atoms with Crippen molar-refractivity contribution in [3.8, 4) is 11.5 Å². The Bertz CT molecular complexity index is 2120. The van der Waals surface area contributed by atoms with Crippen LogP contribution in [-0.2, 0) is 23.2 Å². The largest absolute Gasteiger partial charge is 0.493 e. The van der Waals surface area contributed by atoms with E-state index in [4.69, 9.17) is 44.3 Å². The van der Waals surface area contributed by atoms with Gasteiger partial charge in [0.05, 0.1) is 34.9 Å². The molecule has 0 bridgehead atoms. The predicted molar refractivity (Wildman–Crippen MR) is 199 cm³/mol. The van der Waals surface area contributed by atoms with Gasteiger partial charge in [-0.3, -0.25) is 9.10 Å². The van der Waals surface area contributed by atoms with E-state index in [0.29, 0.717) is 53.4 Å². The van der Waals surface area contributed by atoms with E-state index in [1.54, 1.807) is 103 Å². The minimum atomic E-state index is -3.94. The number of benzene rings is 5. The molecule has 5 aromatic carbocycles. The third kappa shape index (κ3) is 8.95. The molecule has 0 aliphatic rings. The second-order valence-corrected chi connectivity index (χ2v) is 14.7. The molecule has 0 heterocycles. The average molecular weight is 802 g/mol. The van der Waals surface area contributed by atoms with Crippen molar-refractivity contribution in [1.82, 2.24) is 5.43 Å². The van der Waals surface area contributed by atoms with Crippen molar-refractivity contribution < 1.29 is 22.7 Å². The molecule has 0 unspecified atom stereocenters. The fourth-order valence-electron chi connectivity index (χ4n) is 4.77. The summed E-state index contributed by atoms with van der Waals surface area (Å²) >= 11 is 22.0. The van der Waals surface area contributed by atoms with E-state index in [9.17, 15) is 13.2 Å². The van der Waals surface area contributed by atoms with Crippen LogP contribution in [0.1, 0.15) is 32.6 Å². The molecule has 1 N–H and O–H groups in total. The van der Waals surface area contributed by atoms with E-state index >= 15 is 0 Å². The second kappa shape index (κ2) is 16.1.